The van der Waals surface area contributed by atoms with Gasteiger partial charge in [-0.15, -0.1) is 15.3 Å². The number of fused-ring (bicyclic) bond motifs is 2. The van der Waals surface area contributed by atoms with Crippen LogP contribution in [0.5, 0.6) is 23.0 Å². The Morgan fingerprint density at radius 3 is 1.60 bits per heavy atom. The molecule has 0 bridgehead atoms. The van der Waals surface area contributed by atoms with Crippen molar-refractivity contribution in [3.8, 4) is 23.0 Å². The number of azo groups is 2. The van der Waals surface area contributed by atoms with Gasteiger partial charge in [-0.1, -0.05) is 116 Å². The Morgan fingerprint density at radius 1 is 0.613 bits per heavy atom. The maximum atomic E-state index is 13.4. The molecule has 0 atom stereocenters. The first kappa shape index (κ1) is 57.9. The number of rotatable bonds is 14. The first-order valence-corrected chi connectivity index (χ1v) is 25.7. The summed E-state index contributed by atoms with van der Waals surface area (Å²) >= 11 is 12.5. The summed E-state index contributed by atoms with van der Waals surface area (Å²) in [5, 5.41) is 58.2. The van der Waals surface area contributed by atoms with Gasteiger partial charge >= 0.3 is 48.9 Å². The van der Waals surface area contributed by atoms with Gasteiger partial charge in [-0.05, 0) is 94.7 Å². The van der Waals surface area contributed by atoms with E-state index in [1.54, 1.807) is 104 Å². The molecule has 8 aromatic carbocycles. The molecule has 0 fully saturated rings. The summed E-state index contributed by atoms with van der Waals surface area (Å²) in [6.07, 6.45) is 0.859. The maximum Gasteiger partial charge on any atom is 2.00 e. The number of carbonyl (C=O) groups is 1. The average Bonchev–Trinajstić information content (AvgIpc) is 3.37. The van der Waals surface area contributed by atoms with Crippen molar-refractivity contribution in [1.29, 1.82) is 0 Å². The number of ether oxygens (including phenoxy) is 2. The van der Waals surface area contributed by atoms with E-state index < -0.39 is 53.3 Å². The molecule has 18 nitrogen and oxygen atoms in total. The fraction of sp³-hybridized carbons (Fsp3) is 0.115. The number of aromatic hydroxyl groups is 1. The maximum absolute atomic E-state index is 13.4. The van der Waals surface area contributed by atoms with Crippen LogP contribution >= 0.6 is 23.2 Å². The molecule has 0 saturated carbocycles. The second-order valence-corrected chi connectivity index (χ2v) is 19.3. The van der Waals surface area contributed by atoms with Gasteiger partial charge in [0.1, 0.15) is 38.4 Å². The second kappa shape index (κ2) is 25.0. The third kappa shape index (κ3) is 13.3. The summed E-state index contributed by atoms with van der Waals surface area (Å²) < 4.78 is 76.2. The number of aryl methyl sites for hydroxylation is 2. The molecule has 0 unspecified atom stereocenters. The molecule has 8 aromatic rings. The number of amides is 1. The fourth-order valence-electron chi connectivity index (χ4n) is 7.47. The van der Waals surface area contributed by atoms with Gasteiger partial charge in [0.05, 0.1) is 41.2 Å². The van der Waals surface area contributed by atoms with E-state index in [1.165, 1.54) is 50.6 Å². The van der Waals surface area contributed by atoms with Crippen LogP contribution in [0.25, 0.3) is 21.5 Å². The van der Waals surface area contributed by atoms with Crippen LogP contribution in [0.2, 0.25) is 10.0 Å². The zero-order valence-electron chi connectivity index (χ0n) is 40.1. The molecule has 0 saturated heterocycles. The Labute approximate surface area is 481 Å². The molecule has 23 heteroatoms. The number of methoxy groups -OCH3 is 2. The Balaban J connectivity index is 0.000000241. The number of nitrogens with one attached hydrogen (secondary N) is 1. The fourth-order valence-corrected chi connectivity index (χ4v) is 9.63. The number of hydrogen-bond acceptors (Lipinski definition) is 15. The van der Waals surface area contributed by atoms with Crippen molar-refractivity contribution < 1.29 is 55.5 Å². The van der Waals surface area contributed by atoms with Gasteiger partial charge in [0, 0.05) is 28.6 Å². The summed E-state index contributed by atoms with van der Waals surface area (Å²) in [4.78, 5) is 16.1. The molecule has 75 heavy (non-hydrogen) atoms. The molecule has 4 N–H and O–H groups in total. The Hall–Kier alpha value is -6.41. The van der Waals surface area contributed by atoms with Gasteiger partial charge in [0.25, 0.3) is 26.1 Å². The van der Waals surface area contributed by atoms with Crippen molar-refractivity contribution in [3.63, 3.8) is 0 Å². The van der Waals surface area contributed by atoms with Crippen LogP contribution in [-0.4, -0.2) is 106 Å². The van der Waals surface area contributed by atoms with E-state index in [1.807, 2.05) is 6.92 Å². The minimum Gasteiger partial charge on any atom is -0.871 e. The van der Waals surface area contributed by atoms with Crippen LogP contribution in [-0.2, 0) is 33.1 Å². The minimum absolute atomic E-state index is 0. The number of phenols is 1. The van der Waals surface area contributed by atoms with Crippen molar-refractivity contribution in [1.82, 2.24) is 0 Å². The standard InChI is InChI=1S/2C26H22ClN3O6S.Ba/c2*1-3-15-11-12-21(37(33,34)35)22(27)23(15)29-30-24-19-10-5-4-7-16(19)13-20(25(24)31)26(32)28-17-8-6-9-18(14-17)36-2;/h2*4-14,31H,3H2,1-2H3,(H,28,32)(H,33,34,35);/q;;+2/p-2. The van der Waals surface area contributed by atoms with Gasteiger partial charge in [0.2, 0.25) is 0 Å². The van der Waals surface area contributed by atoms with Gasteiger partial charge in [0.15, 0.2) is 5.75 Å². The van der Waals surface area contributed by atoms with E-state index in [0.717, 1.165) is 0 Å². The molecular weight excluding hydrogens is 1170 g/mol. The third-order valence-electron chi connectivity index (χ3n) is 11.2. The van der Waals surface area contributed by atoms with E-state index in [4.69, 9.17) is 32.7 Å². The van der Waals surface area contributed by atoms with Crippen LogP contribution in [0.3, 0.4) is 0 Å². The number of phenolic OH excluding ortho intramolecular Hbond substituents is 1. The van der Waals surface area contributed by atoms with Gasteiger partial charge in [-0.3, -0.25) is 18.9 Å². The molecular formula is C52H42BaCl2N6O12S2. The van der Waals surface area contributed by atoms with Gasteiger partial charge in [-0.25, -0.2) is 0 Å². The van der Waals surface area contributed by atoms with Crippen LogP contribution in [0.15, 0.2) is 169 Å². The van der Waals surface area contributed by atoms with Crippen LogP contribution in [0.4, 0.5) is 34.1 Å². The predicted molar refractivity (Wildman–Crippen MR) is 285 cm³/mol. The quantitative estimate of drug-likeness (QED) is 0.0260. The number of hydrogen-bond donors (Lipinski definition) is 4. The van der Waals surface area contributed by atoms with E-state index >= 15 is 0 Å². The average molecular weight is 1220 g/mol. The second-order valence-electron chi connectivity index (χ2n) is 15.8. The SMILES string of the molecule is CCc1ccc(S(=O)(=O)O)c(Cl)c1N=Nc1c(O)c(C(=O)Nc2cccc(OC)c2)cc2ccccc12.CCc1ccc(S(=O)(=O)O)c(Cl)c1N=Nc1c([O-])c(C([O-])=Nc2cccc(OC)c2)cc2ccccc12.[Ba+2]. The summed E-state index contributed by atoms with van der Waals surface area (Å²) in [6, 6.07) is 35.3. The van der Waals surface area contributed by atoms with Crippen LogP contribution in [0, 0.1) is 0 Å². The van der Waals surface area contributed by atoms with Crippen LogP contribution < -0.4 is 25.0 Å². The number of aliphatic imine (C=N–C) groups is 1. The predicted octanol–water partition coefficient (Wildman–Crippen LogP) is 11.5. The Morgan fingerprint density at radius 2 is 1.08 bits per heavy atom. The number of anilines is 1. The zero-order valence-corrected chi connectivity index (χ0v) is 47.7. The van der Waals surface area contributed by atoms with Crippen molar-refractivity contribution in [3.05, 3.63) is 166 Å². The topological polar surface area (TPSA) is 284 Å². The first-order valence-electron chi connectivity index (χ1n) is 22.0. The van der Waals surface area contributed by atoms with Gasteiger partial charge < -0.3 is 30.1 Å². The molecule has 1 amide bonds. The Kier molecular flexibility index (Phi) is 19.3. The monoisotopic (exact) mass is 1210 g/mol. The molecule has 0 spiro atoms. The molecule has 0 heterocycles. The molecule has 380 valence electrons. The number of benzene rings is 8. The van der Waals surface area contributed by atoms with Crippen molar-refractivity contribution in [2.75, 3.05) is 19.5 Å². The summed E-state index contributed by atoms with van der Waals surface area (Å²) in [6.45, 7) is 3.61. The molecule has 0 aliphatic carbocycles. The van der Waals surface area contributed by atoms with E-state index in [2.05, 4.69) is 30.8 Å². The summed E-state index contributed by atoms with van der Waals surface area (Å²) in [5.41, 5.74) is 1.46. The molecule has 8 rings (SSSR count). The number of halogens is 2. The number of carbonyl (C=O) groups excluding carboxylic acids is 1. The van der Waals surface area contributed by atoms with Gasteiger partial charge in [-0.2, -0.15) is 21.9 Å². The number of nitrogens with zero attached hydrogens (tertiary/aromatic N) is 5. The van der Waals surface area contributed by atoms with Crippen LogP contribution in [0.1, 0.15) is 40.9 Å². The molecule has 0 aliphatic rings. The van der Waals surface area contributed by atoms with Crippen molar-refractivity contribution in [2.24, 2.45) is 25.4 Å². The molecule has 0 radical (unpaired) electrons. The smallest absolute Gasteiger partial charge is 0.871 e. The van der Waals surface area contributed by atoms with E-state index in [0.29, 0.717) is 68.4 Å². The summed E-state index contributed by atoms with van der Waals surface area (Å²) in [7, 11) is -6.23. The van der Waals surface area contributed by atoms with Crippen molar-refractivity contribution in [2.45, 2.75) is 36.5 Å². The normalized spacial score (nSPS) is 11.9. The third-order valence-corrected chi connectivity index (χ3v) is 14.0. The summed E-state index contributed by atoms with van der Waals surface area (Å²) in [5.74, 6) is -1.46. The Bertz CT molecular complexity index is 3830. The van der Waals surface area contributed by atoms with E-state index in [-0.39, 0.29) is 92.8 Å². The zero-order chi connectivity index (χ0) is 53.5. The molecule has 0 aromatic heterocycles. The molecule has 0 aliphatic heterocycles. The first-order chi connectivity index (χ1) is 35.3. The van der Waals surface area contributed by atoms with E-state index in [9.17, 15) is 46.1 Å². The largest absolute Gasteiger partial charge is 2.00 e. The minimum atomic E-state index is -4.62. The van der Waals surface area contributed by atoms with Crippen molar-refractivity contribution >= 4 is 160 Å².